The molecule has 7 nitrogen and oxygen atoms in total. The first-order valence-electron chi connectivity index (χ1n) is 8.82. The summed E-state index contributed by atoms with van der Waals surface area (Å²) in [6.07, 6.45) is 3.63. The fraction of sp³-hybridized carbons (Fsp3) is 0.200. The lowest BCUT2D eigenvalue weighted by Gasteiger charge is -2.08. The molecule has 1 saturated carbocycles. The molecule has 0 bridgehead atoms. The van der Waals surface area contributed by atoms with Crippen molar-refractivity contribution in [2.45, 2.75) is 25.3 Å². The molecule has 27 heavy (non-hydrogen) atoms. The summed E-state index contributed by atoms with van der Waals surface area (Å²) in [6.45, 7) is -0.110. The lowest BCUT2D eigenvalue weighted by molar-refractivity contribution is -0.116. The Morgan fingerprint density at radius 1 is 1.19 bits per heavy atom. The van der Waals surface area contributed by atoms with Crippen molar-refractivity contribution in [3.05, 3.63) is 65.0 Å². The van der Waals surface area contributed by atoms with Crippen LogP contribution in [0.25, 0.3) is 22.0 Å². The van der Waals surface area contributed by atoms with E-state index >= 15 is 0 Å². The van der Waals surface area contributed by atoms with Crippen molar-refractivity contribution < 1.29 is 9.21 Å². The molecule has 2 aromatic heterocycles. The number of oxazole rings is 1. The Balaban J connectivity index is 1.36. The first-order chi connectivity index (χ1) is 13.2. The molecule has 0 radical (unpaired) electrons. The summed E-state index contributed by atoms with van der Waals surface area (Å²) >= 11 is 0. The number of anilines is 1. The number of hydrogen-bond donors (Lipinski definition) is 1. The Kier molecular flexibility index (Phi) is 3.53. The Morgan fingerprint density at radius 2 is 2.04 bits per heavy atom. The highest BCUT2D eigenvalue weighted by Crippen LogP contribution is 2.40. The van der Waals surface area contributed by atoms with E-state index in [4.69, 9.17) is 4.42 Å². The van der Waals surface area contributed by atoms with Crippen molar-refractivity contribution in [1.82, 2.24) is 14.5 Å². The molecule has 0 unspecified atom stereocenters. The van der Waals surface area contributed by atoms with Crippen LogP contribution in [0, 0.1) is 0 Å². The van der Waals surface area contributed by atoms with E-state index in [1.54, 1.807) is 36.4 Å². The minimum Gasteiger partial charge on any atom is -0.440 e. The van der Waals surface area contributed by atoms with Crippen LogP contribution in [0.2, 0.25) is 0 Å². The molecule has 5 rings (SSSR count). The summed E-state index contributed by atoms with van der Waals surface area (Å²) in [5.74, 6) is 0.893. The predicted molar refractivity (Wildman–Crippen MR) is 101 cm³/mol. The first kappa shape index (κ1) is 15.7. The number of para-hydroxylation sites is 1. The number of carbonyl (C=O) groups excluding carboxylic acids is 1. The van der Waals surface area contributed by atoms with Crippen LogP contribution < -0.4 is 10.9 Å². The van der Waals surface area contributed by atoms with E-state index in [0.717, 1.165) is 24.2 Å². The van der Waals surface area contributed by atoms with E-state index in [2.05, 4.69) is 15.3 Å². The van der Waals surface area contributed by atoms with Gasteiger partial charge in [-0.15, -0.1) is 0 Å². The molecule has 1 fully saturated rings. The number of nitrogens with zero attached hydrogens (tertiary/aromatic N) is 3. The van der Waals surface area contributed by atoms with Crippen molar-refractivity contribution in [2.75, 3.05) is 5.32 Å². The topological polar surface area (TPSA) is 90.0 Å². The van der Waals surface area contributed by atoms with Gasteiger partial charge in [-0.2, -0.15) is 0 Å². The zero-order chi connectivity index (χ0) is 18.4. The Morgan fingerprint density at radius 3 is 2.89 bits per heavy atom. The number of hydrogen-bond acceptors (Lipinski definition) is 5. The number of nitrogens with one attached hydrogen (secondary N) is 1. The molecule has 0 saturated heterocycles. The van der Waals surface area contributed by atoms with Gasteiger partial charge in [0.2, 0.25) is 5.91 Å². The molecule has 0 atom stereocenters. The van der Waals surface area contributed by atoms with Gasteiger partial charge in [-0.05, 0) is 43.2 Å². The van der Waals surface area contributed by atoms with Crippen molar-refractivity contribution in [3.8, 4) is 0 Å². The second-order valence-corrected chi connectivity index (χ2v) is 6.75. The molecular weight excluding hydrogens is 344 g/mol. The predicted octanol–water partition coefficient (Wildman–Crippen LogP) is 3.05. The lowest BCUT2D eigenvalue weighted by atomic mass is 10.2. The maximum Gasteiger partial charge on any atom is 0.261 e. The van der Waals surface area contributed by atoms with Gasteiger partial charge in [-0.25, -0.2) is 9.97 Å². The molecular formula is C20H16N4O3. The van der Waals surface area contributed by atoms with Gasteiger partial charge in [0.15, 0.2) is 11.5 Å². The van der Waals surface area contributed by atoms with E-state index in [1.807, 2.05) is 6.07 Å². The fourth-order valence-electron chi connectivity index (χ4n) is 3.10. The molecule has 2 aromatic carbocycles. The van der Waals surface area contributed by atoms with E-state index in [1.165, 1.54) is 10.9 Å². The smallest absolute Gasteiger partial charge is 0.261 e. The summed E-state index contributed by atoms with van der Waals surface area (Å²) in [4.78, 5) is 33.6. The Labute approximate surface area is 153 Å². The van der Waals surface area contributed by atoms with E-state index in [0.29, 0.717) is 28.1 Å². The number of amides is 1. The summed E-state index contributed by atoms with van der Waals surface area (Å²) in [7, 11) is 0. The molecule has 2 heterocycles. The zero-order valence-electron chi connectivity index (χ0n) is 14.4. The van der Waals surface area contributed by atoms with Crippen molar-refractivity contribution in [3.63, 3.8) is 0 Å². The van der Waals surface area contributed by atoms with E-state index < -0.39 is 0 Å². The molecule has 1 aliphatic rings. The molecule has 7 heteroatoms. The number of benzene rings is 2. The van der Waals surface area contributed by atoms with E-state index in [9.17, 15) is 9.59 Å². The van der Waals surface area contributed by atoms with Crippen LogP contribution in [0.5, 0.6) is 0 Å². The number of rotatable bonds is 4. The third kappa shape index (κ3) is 2.97. The second kappa shape index (κ2) is 6.05. The van der Waals surface area contributed by atoms with Crippen LogP contribution >= 0.6 is 0 Å². The highest BCUT2D eigenvalue weighted by Gasteiger charge is 2.28. The molecule has 1 aliphatic carbocycles. The molecule has 0 aliphatic heterocycles. The fourth-order valence-corrected chi connectivity index (χ4v) is 3.10. The number of fused-ring (bicyclic) bond motifs is 2. The van der Waals surface area contributed by atoms with Gasteiger partial charge in [-0.3, -0.25) is 14.2 Å². The SMILES string of the molecule is O=C(Cn1cnc2ccccc2c1=O)Nc1ccc2oc(C3CC3)nc2c1. The Bertz CT molecular complexity index is 1240. The second-order valence-electron chi connectivity index (χ2n) is 6.75. The largest absolute Gasteiger partial charge is 0.440 e. The highest BCUT2D eigenvalue weighted by atomic mass is 16.3. The van der Waals surface area contributed by atoms with Crippen LogP contribution in [-0.2, 0) is 11.3 Å². The van der Waals surface area contributed by atoms with Crippen LogP contribution in [-0.4, -0.2) is 20.4 Å². The quantitative estimate of drug-likeness (QED) is 0.604. The molecule has 4 aromatic rings. The van der Waals surface area contributed by atoms with Crippen LogP contribution in [0.3, 0.4) is 0 Å². The first-order valence-corrected chi connectivity index (χ1v) is 8.82. The lowest BCUT2D eigenvalue weighted by Crippen LogP contribution is -2.27. The maximum absolute atomic E-state index is 12.5. The number of carbonyl (C=O) groups is 1. The van der Waals surface area contributed by atoms with E-state index in [-0.39, 0.29) is 18.0 Å². The van der Waals surface area contributed by atoms with Crippen molar-refractivity contribution in [1.29, 1.82) is 0 Å². The number of aromatic nitrogens is 3. The van der Waals surface area contributed by atoms with Gasteiger partial charge < -0.3 is 9.73 Å². The monoisotopic (exact) mass is 360 g/mol. The molecule has 134 valence electrons. The Hall–Kier alpha value is -3.48. The summed E-state index contributed by atoms with van der Waals surface area (Å²) < 4.78 is 7.03. The standard InChI is InChI=1S/C20H16N4O3/c25-18(10-24-11-21-15-4-2-1-3-14(15)20(24)26)22-13-7-8-17-16(9-13)23-19(27-17)12-5-6-12/h1-4,7-9,11-12H,5-6,10H2,(H,22,25). The third-order valence-corrected chi connectivity index (χ3v) is 4.66. The van der Waals surface area contributed by atoms with Crippen LogP contribution in [0.15, 0.2) is 58.0 Å². The molecule has 1 N–H and O–H groups in total. The minimum absolute atomic E-state index is 0.110. The molecule has 0 spiro atoms. The zero-order valence-corrected chi connectivity index (χ0v) is 14.4. The van der Waals surface area contributed by atoms with Gasteiger partial charge in [0.25, 0.3) is 5.56 Å². The van der Waals surface area contributed by atoms with Crippen LogP contribution in [0.1, 0.15) is 24.7 Å². The van der Waals surface area contributed by atoms with Gasteiger partial charge in [0.1, 0.15) is 12.1 Å². The van der Waals surface area contributed by atoms with Crippen molar-refractivity contribution in [2.24, 2.45) is 0 Å². The van der Waals surface area contributed by atoms with Crippen LogP contribution in [0.4, 0.5) is 5.69 Å². The van der Waals surface area contributed by atoms with Gasteiger partial charge in [0, 0.05) is 11.6 Å². The average Bonchev–Trinajstić information content (AvgIpc) is 3.44. The normalized spacial score (nSPS) is 13.9. The summed E-state index contributed by atoms with van der Waals surface area (Å²) in [5.41, 5.74) is 2.42. The highest BCUT2D eigenvalue weighted by molar-refractivity contribution is 5.92. The summed E-state index contributed by atoms with van der Waals surface area (Å²) in [5, 5.41) is 3.29. The van der Waals surface area contributed by atoms with Gasteiger partial charge in [0.05, 0.1) is 17.2 Å². The van der Waals surface area contributed by atoms with Gasteiger partial charge in [-0.1, -0.05) is 12.1 Å². The minimum atomic E-state index is -0.306. The van der Waals surface area contributed by atoms with Crippen molar-refractivity contribution >= 4 is 33.6 Å². The maximum atomic E-state index is 12.5. The van der Waals surface area contributed by atoms with Gasteiger partial charge >= 0.3 is 0 Å². The third-order valence-electron chi connectivity index (χ3n) is 4.66. The molecule has 1 amide bonds. The average molecular weight is 360 g/mol. The summed E-state index contributed by atoms with van der Waals surface area (Å²) in [6, 6.07) is 12.4.